The van der Waals surface area contributed by atoms with Crippen LogP contribution in [-0.2, 0) is 0 Å². The van der Waals surface area contributed by atoms with Crippen LogP contribution in [0.25, 0.3) is 0 Å². The molecule has 1 heterocycles. The number of hydrogen-bond acceptors (Lipinski definition) is 4. The van der Waals surface area contributed by atoms with Crippen molar-refractivity contribution in [3.8, 4) is 0 Å². The van der Waals surface area contributed by atoms with Crippen molar-refractivity contribution in [1.29, 1.82) is 0 Å². The SMILES string of the molecule is CC(CSC(C)(C)C)NCC1(O)CCSC1. The van der Waals surface area contributed by atoms with Crippen LogP contribution in [-0.4, -0.2) is 45.3 Å². The zero-order chi connectivity index (χ0) is 12.2. The molecule has 16 heavy (non-hydrogen) atoms. The Bertz CT molecular complexity index is 210. The quantitative estimate of drug-likeness (QED) is 0.797. The Morgan fingerprint density at radius 3 is 2.69 bits per heavy atom. The van der Waals surface area contributed by atoms with Gasteiger partial charge >= 0.3 is 0 Å². The lowest BCUT2D eigenvalue weighted by Gasteiger charge is -2.26. The molecule has 2 nitrogen and oxygen atoms in total. The van der Waals surface area contributed by atoms with Crippen molar-refractivity contribution in [2.75, 3.05) is 23.8 Å². The van der Waals surface area contributed by atoms with Crippen LogP contribution in [0.4, 0.5) is 0 Å². The molecular formula is C12H25NOS2. The van der Waals surface area contributed by atoms with E-state index in [0.717, 1.165) is 30.2 Å². The topological polar surface area (TPSA) is 32.3 Å². The molecule has 1 aliphatic heterocycles. The van der Waals surface area contributed by atoms with E-state index < -0.39 is 5.60 Å². The number of nitrogens with one attached hydrogen (secondary N) is 1. The zero-order valence-corrected chi connectivity index (χ0v) is 12.5. The van der Waals surface area contributed by atoms with Gasteiger partial charge in [-0.15, -0.1) is 0 Å². The first-order chi connectivity index (χ1) is 7.31. The highest BCUT2D eigenvalue weighted by Gasteiger charge is 2.31. The fraction of sp³-hybridized carbons (Fsp3) is 1.00. The maximum atomic E-state index is 10.2. The van der Waals surface area contributed by atoms with Gasteiger partial charge in [-0.1, -0.05) is 20.8 Å². The van der Waals surface area contributed by atoms with Gasteiger partial charge in [-0.2, -0.15) is 23.5 Å². The molecule has 0 spiro atoms. The molecule has 0 amide bonds. The second-order valence-corrected chi connectivity index (χ2v) is 8.68. The Balaban J connectivity index is 2.17. The van der Waals surface area contributed by atoms with E-state index in [0.29, 0.717) is 10.8 Å². The van der Waals surface area contributed by atoms with Crippen molar-refractivity contribution in [3.05, 3.63) is 0 Å². The van der Waals surface area contributed by atoms with Crippen molar-refractivity contribution in [3.63, 3.8) is 0 Å². The van der Waals surface area contributed by atoms with Gasteiger partial charge in [0.2, 0.25) is 0 Å². The third-order valence-corrected chi connectivity index (χ3v) is 5.40. The Morgan fingerprint density at radius 1 is 1.50 bits per heavy atom. The van der Waals surface area contributed by atoms with Gasteiger partial charge in [0.1, 0.15) is 0 Å². The highest BCUT2D eigenvalue weighted by Crippen LogP contribution is 2.27. The van der Waals surface area contributed by atoms with Gasteiger partial charge < -0.3 is 10.4 Å². The average Bonchev–Trinajstić information content (AvgIpc) is 2.59. The van der Waals surface area contributed by atoms with Crippen LogP contribution in [0.5, 0.6) is 0 Å². The van der Waals surface area contributed by atoms with E-state index in [9.17, 15) is 5.11 Å². The summed E-state index contributed by atoms with van der Waals surface area (Å²) < 4.78 is 0.329. The third-order valence-electron chi connectivity index (χ3n) is 2.63. The minimum atomic E-state index is -0.453. The van der Waals surface area contributed by atoms with Gasteiger partial charge in [0.25, 0.3) is 0 Å². The lowest BCUT2D eigenvalue weighted by atomic mass is 10.0. The minimum absolute atomic E-state index is 0.329. The number of aliphatic hydroxyl groups is 1. The highest BCUT2D eigenvalue weighted by atomic mass is 32.2. The van der Waals surface area contributed by atoms with E-state index in [1.54, 1.807) is 0 Å². The van der Waals surface area contributed by atoms with Gasteiger partial charge in [0.15, 0.2) is 0 Å². The zero-order valence-electron chi connectivity index (χ0n) is 10.9. The molecule has 96 valence electrons. The van der Waals surface area contributed by atoms with Crippen molar-refractivity contribution in [2.24, 2.45) is 0 Å². The summed E-state index contributed by atoms with van der Waals surface area (Å²) in [5.41, 5.74) is -0.453. The smallest absolute Gasteiger partial charge is 0.0869 e. The molecule has 1 rings (SSSR count). The Kier molecular flexibility index (Phi) is 5.49. The largest absolute Gasteiger partial charge is 0.388 e. The normalized spacial score (nSPS) is 28.3. The molecule has 2 N–H and O–H groups in total. The molecule has 1 fully saturated rings. The molecule has 0 radical (unpaired) electrons. The maximum Gasteiger partial charge on any atom is 0.0869 e. The van der Waals surface area contributed by atoms with Crippen molar-refractivity contribution in [2.45, 2.75) is 50.5 Å². The lowest BCUT2D eigenvalue weighted by Crippen LogP contribution is -2.44. The van der Waals surface area contributed by atoms with E-state index in [-0.39, 0.29) is 0 Å². The maximum absolute atomic E-state index is 10.2. The van der Waals surface area contributed by atoms with Crippen molar-refractivity contribution < 1.29 is 5.11 Å². The summed E-state index contributed by atoms with van der Waals surface area (Å²) in [5.74, 6) is 3.09. The van der Waals surface area contributed by atoms with Gasteiger partial charge in [-0.25, -0.2) is 0 Å². The summed E-state index contributed by atoms with van der Waals surface area (Å²) in [4.78, 5) is 0. The fourth-order valence-electron chi connectivity index (χ4n) is 1.53. The van der Waals surface area contributed by atoms with Gasteiger partial charge in [0, 0.05) is 28.8 Å². The number of hydrogen-bond donors (Lipinski definition) is 2. The molecule has 2 unspecified atom stereocenters. The summed E-state index contributed by atoms with van der Waals surface area (Å²) in [6.45, 7) is 9.67. The van der Waals surface area contributed by atoms with Crippen molar-refractivity contribution in [1.82, 2.24) is 5.32 Å². The van der Waals surface area contributed by atoms with Crippen LogP contribution >= 0.6 is 23.5 Å². The number of thioether (sulfide) groups is 2. The van der Waals surface area contributed by atoms with E-state index >= 15 is 0 Å². The summed E-state index contributed by atoms with van der Waals surface area (Å²) in [7, 11) is 0. The van der Waals surface area contributed by atoms with Crippen LogP contribution in [0, 0.1) is 0 Å². The summed E-state index contributed by atoms with van der Waals surface area (Å²) in [6.07, 6.45) is 0.934. The fourth-order valence-corrected chi connectivity index (χ4v) is 3.70. The molecule has 0 aromatic carbocycles. The summed E-state index contributed by atoms with van der Waals surface area (Å²) >= 11 is 3.83. The number of rotatable bonds is 5. The Morgan fingerprint density at radius 2 is 2.19 bits per heavy atom. The first kappa shape index (κ1) is 14.7. The van der Waals surface area contributed by atoms with Gasteiger partial charge in [-0.05, 0) is 19.1 Å². The predicted octanol–water partition coefficient (Wildman–Crippen LogP) is 2.36. The van der Waals surface area contributed by atoms with Crippen LogP contribution in [0.2, 0.25) is 0 Å². The summed E-state index contributed by atoms with van der Waals surface area (Å²) in [6, 6.07) is 0.471. The van der Waals surface area contributed by atoms with Crippen LogP contribution in [0.1, 0.15) is 34.1 Å². The standard InChI is InChI=1S/C12H25NOS2/c1-10(7-16-11(2,3)4)13-8-12(14)5-6-15-9-12/h10,13-14H,5-9H2,1-4H3. The molecular weight excluding hydrogens is 238 g/mol. The average molecular weight is 263 g/mol. The van der Waals surface area contributed by atoms with Crippen molar-refractivity contribution >= 4 is 23.5 Å². The Labute approximate surface area is 108 Å². The van der Waals surface area contributed by atoms with Crippen LogP contribution in [0.15, 0.2) is 0 Å². The van der Waals surface area contributed by atoms with Gasteiger partial charge in [-0.3, -0.25) is 0 Å². The molecule has 0 bridgehead atoms. The second kappa shape index (κ2) is 5.98. The molecule has 0 saturated carbocycles. The van der Waals surface area contributed by atoms with E-state index in [4.69, 9.17) is 0 Å². The second-order valence-electron chi connectivity index (χ2n) is 5.73. The molecule has 4 heteroatoms. The van der Waals surface area contributed by atoms with Crippen LogP contribution < -0.4 is 5.32 Å². The molecule has 0 aliphatic carbocycles. The van der Waals surface area contributed by atoms with Crippen LogP contribution in [0.3, 0.4) is 0 Å². The van der Waals surface area contributed by atoms with E-state index in [2.05, 4.69) is 33.0 Å². The molecule has 2 atom stereocenters. The lowest BCUT2D eigenvalue weighted by molar-refractivity contribution is 0.0659. The Hall–Kier alpha value is 0.620. The minimum Gasteiger partial charge on any atom is -0.388 e. The highest BCUT2D eigenvalue weighted by molar-refractivity contribution is 8.00. The molecule has 1 saturated heterocycles. The monoisotopic (exact) mass is 263 g/mol. The molecule has 0 aromatic heterocycles. The molecule has 1 aliphatic rings. The molecule has 0 aromatic rings. The summed E-state index contributed by atoms with van der Waals surface area (Å²) in [5, 5.41) is 13.6. The first-order valence-corrected chi connectivity index (χ1v) is 8.12. The third kappa shape index (κ3) is 5.80. The van der Waals surface area contributed by atoms with Gasteiger partial charge in [0.05, 0.1) is 5.60 Å². The predicted molar refractivity (Wildman–Crippen MR) is 76.6 cm³/mol. The first-order valence-electron chi connectivity index (χ1n) is 5.98. The van der Waals surface area contributed by atoms with E-state index in [1.165, 1.54) is 0 Å². The van der Waals surface area contributed by atoms with E-state index in [1.807, 2.05) is 23.5 Å².